The first-order valence-corrected chi connectivity index (χ1v) is 5.95. The highest BCUT2D eigenvalue weighted by Gasteiger charge is 2.23. The van der Waals surface area contributed by atoms with Crippen LogP contribution < -0.4 is 5.32 Å². The van der Waals surface area contributed by atoms with Gasteiger partial charge in [-0.3, -0.25) is 0 Å². The molecule has 2 heterocycles. The molecule has 78 valence electrons. The molecule has 2 rings (SSSR count). The van der Waals surface area contributed by atoms with Crippen LogP contribution in [0.15, 0.2) is 11.6 Å². The lowest BCUT2D eigenvalue weighted by molar-refractivity contribution is 0.105. The van der Waals surface area contributed by atoms with Gasteiger partial charge in [0.15, 0.2) is 0 Å². The fourth-order valence-corrected chi connectivity index (χ4v) is 2.33. The number of aromatic nitrogens is 1. The minimum absolute atomic E-state index is 0.416. The molecule has 1 N–H and O–H groups in total. The maximum Gasteiger partial charge on any atom is 0.106 e. The van der Waals surface area contributed by atoms with Gasteiger partial charge in [0.25, 0.3) is 0 Å². The largest absolute Gasteiger partial charge is 0.378 e. The molecule has 0 amide bonds. The van der Waals surface area contributed by atoms with Gasteiger partial charge in [-0.25, -0.2) is 4.98 Å². The lowest BCUT2D eigenvalue weighted by atomic mass is 10.0. The fraction of sp³-hybridized carbons (Fsp3) is 0.700. The van der Waals surface area contributed by atoms with Gasteiger partial charge < -0.3 is 10.1 Å². The van der Waals surface area contributed by atoms with Crippen LogP contribution >= 0.6 is 11.3 Å². The summed E-state index contributed by atoms with van der Waals surface area (Å²) in [7, 11) is 0. The highest BCUT2D eigenvalue weighted by atomic mass is 32.1. The van der Waals surface area contributed by atoms with Gasteiger partial charge in [-0.1, -0.05) is 0 Å². The Morgan fingerprint density at radius 2 is 2.64 bits per heavy atom. The Hall–Kier alpha value is -0.450. The van der Waals surface area contributed by atoms with E-state index < -0.39 is 0 Å². The van der Waals surface area contributed by atoms with E-state index in [1.54, 1.807) is 11.3 Å². The molecule has 1 aromatic heterocycles. The minimum atomic E-state index is 0.416. The summed E-state index contributed by atoms with van der Waals surface area (Å²) in [5.41, 5.74) is 0. The number of ether oxygens (including phenoxy) is 1. The predicted molar refractivity (Wildman–Crippen MR) is 57.3 cm³/mol. The zero-order valence-electron chi connectivity index (χ0n) is 8.40. The number of nitrogens with zero attached hydrogens (tertiary/aromatic N) is 1. The van der Waals surface area contributed by atoms with E-state index in [4.69, 9.17) is 4.74 Å². The van der Waals surface area contributed by atoms with E-state index in [1.807, 2.05) is 11.6 Å². The maximum atomic E-state index is 5.50. The number of hydrogen-bond acceptors (Lipinski definition) is 4. The zero-order chi connectivity index (χ0) is 9.80. The number of hydrogen-bond donors (Lipinski definition) is 1. The number of nitrogens with one attached hydrogen (secondary N) is 1. The van der Waals surface area contributed by atoms with Crippen molar-refractivity contribution in [2.45, 2.75) is 26.0 Å². The van der Waals surface area contributed by atoms with E-state index in [1.165, 1.54) is 6.42 Å². The molecule has 1 aliphatic heterocycles. The van der Waals surface area contributed by atoms with Crippen molar-refractivity contribution in [2.24, 2.45) is 5.92 Å². The van der Waals surface area contributed by atoms with Gasteiger partial charge >= 0.3 is 0 Å². The summed E-state index contributed by atoms with van der Waals surface area (Å²) in [6.07, 6.45) is 3.45. The molecule has 2 atom stereocenters. The predicted octanol–water partition coefficient (Wildman–Crippen LogP) is 1.66. The topological polar surface area (TPSA) is 34.1 Å². The summed E-state index contributed by atoms with van der Waals surface area (Å²) in [6.45, 7) is 5.01. The molecule has 4 heteroatoms. The summed E-state index contributed by atoms with van der Waals surface area (Å²) >= 11 is 1.70. The quantitative estimate of drug-likeness (QED) is 0.824. The van der Waals surface area contributed by atoms with Gasteiger partial charge in [-0.2, -0.15) is 0 Å². The number of thiazole rings is 1. The summed E-state index contributed by atoms with van der Waals surface area (Å²) in [6, 6.07) is 0. The molecule has 3 nitrogen and oxygen atoms in total. The molecule has 0 aromatic carbocycles. The van der Waals surface area contributed by atoms with Crippen LogP contribution in [0.2, 0.25) is 0 Å². The van der Waals surface area contributed by atoms with Crippen LogP contribution in [0.3, 0.4) is 0 Å². The molecule has 1 aliphatic rings. The van der Waals surface area contributed by atoms with Crippen molar-refractivity contribution in [1.82, 2.24) is 10.3 Å². The van der Waals surface area contributed by atoms with Crippen LogP contribution in [0.4, 0.5) is 0 Å². The molecule has 0 radical (unpaired) electrons. The summed E-state index contributed by atoms with van der Waals surface area (Å²) in [5.74, 6) is 0.676. The SMILES string of the molecule is CC1OCCC1CNCc1nccs1. The van der Waals surface area contributed by atoms with Crippen molar-refractivity contribution < 1.29 is 4.74 Å². The Kier molecular flexibility index (Phi) is 3.50. The van der Waals surface area contributed by atoms with Crippen molar-refractivity contribution in [3.05, 3.63) is 16.6 Å². The molecular weight excluding hydrogens is 196 g/mol. The Balaban J connectivity index is 1.68. The molecule has 14 heavy (non-hydrogen) atoms. The Morgan fingerprint density at radius 3 is 3.29 bits per heavy atom. The second-order valence-electron chi connectivity index (χ2n) is 3.68. The lowest BCUT2D eigenvalue weighted by Crippen LogP contribution is -2.26. The molecule has 0 aliphatic carbocycles. The van der Waals surface area contributed by atoms with Gasteiger partial charge in [0.2, 0.25) is 0 Å². The minimum Gasteiger partial charge on any atom is -0.378 e. The van der Waals surface area contributed by atoms with Crippen molar-refractivity contribution >= 4 is 11.3 Å². The monoisotopic (exact) mass is 212 g/mol. The van der Waals surface area contributed by atoms with E-state index in [-0.39, 0.29) is 0 Å². The Labute approximate surface area is 88.5 Å². The molecule has 1 aromatic rings. The molecule has 1 fully saturated rings. The molecule has 2 unspecified atom stereocenters. The van der Waals surface area contributed by atoms with Crippen LogP contribution in [0.25, 0.3) is 0 Å². The summed E-state index contributed by atoms with van der Waals surface area (Å²) in [4.78, 5) is 4.22. The average molecular weight is 212 g/mol. The van der Waals surface area contributed by atoms with E-state index in [9.17, 15) is 0 Å². The smallest absolute Gasteiger partial charge is 0.106 e. The normalized spacial score (nSPS) is 26.9. The Morgan fingerprint density at radius 1 is 1.71 bits per heavy atom. The average Bonchev–Trinajstić information content (AvgIpc) is 2.78. The summed E-state index contributed by atoms with van der Waals surface area (Å²) in [5, 5.41) is 6.60. The first-order valence-electron chi connectivity index (χ1n) is 5.07. The third kappa shape index (κ3) is 2.53. The molecular formula is C10H16N2OS. The first-order chi connectivity index (χ1) is 6.86. The number of rotatable bonds is 4. The van der Waals surface area contributed by atoms with Gasteiger partial charge in [0.05, 0.1) is 6.10 Å². The van der Waals surface area contributed by atoms with Crippen LogP contribution in [0, 0.1) is 5.92 Å². The second-order valence-corrected chi connectivity index (χ2v) is 4.66. The molecule has 0 bridgehead atoms. The van der Waals surface area contributed by atoms with E-state index >= 15 is 0 Å². The first kappa shape index (κ1) is 10.1. The zero-order valence-corrected chi connectivity index (χ0v) is 9.22. The summed E-state index contributed by atoms with van der Waals surface area (Å²) < 4.78 is 5.50. The van der Waals surface area contributed by atoms with Crippen LogP contribution in [-0.4, -0.2) is 24.2 Å². The second kappa shape index (κ2) is 4.87. The highest BCUT2D eigenvalue weighted by Crippen LogP contribution is 2.19. The van der Waals surface area contributed by atoms with Gasteiger partial charge in [-0.05, 0) is 19.3 Å². The standard InChI is InChI=1S/C10H16N2OS/c1-8-9(2-4-13-8)6-11-7-10-12-3-5-14-10/h3,5,8-9,11H,2,4,6-7H2,1H3. The Bertz CT molecular complexity index is 263. The van der Waals surface area contributed by atoms with Gasteiger partial charge in [0, 0.05) is 31.3 Å². The lowest BCUT2D eigenvalue weighted by Gasteiger charge is -2.13. The van der Waals surface area contributed by atoms with E-state index in [2.05, 4.69) is 17.2 Å². The third-order valence-corrected chi connectivity index (χ3v) is 3.48. The van der Waals surface area contributed by atoms with Crippen molar-refractivity contribution in [3.8, 4) is 0 Å². The van der Waals surface area contributed by atoms with Gasteiger partial charge in [-0.15, -0.1) is 11.3 Å². The van der Waals surface area contributed by atoms with E-state index in [0.29, 0.717) is 12.0 Å². The highest BCUT2D eigenvalue weighted by molar-refractivity contribution is 7.09. The fourth-order valence-electron chi connectivity index (χ4n) is 1.75. The molecule has 0 saturated carbocycles. The van der Waals surface area contributed by atoms with Crippen molar-refractivity contribution in [2.75, 3.05) is 13.2 Å². The molecule has 0 spiro atoms. The third-order valence-electron chi connectivity index (χ3n) is 2.70. The van der Waals surface area contributed by atoms with Crippen LogP contribution in [-0.2, 0) is 11.3 Å². The van der Waals surface area contributed by atoms with E-state index in [0.717, 1.165) is 24.7 Å². The maximum absolute atomic E-state index is 5.50. The van der Waals surface area contributed by atoms with Crippen LogP contribution in [0.5, 0.6) is 0 Å². The van der Waals surface area contributed by atoms with Crippen molar-refractivity contribution in [1.29, 1.82) is 0 Å². The van der Waals surface area contributed by atoms with Crippen LogP contribution in [0.1, 0.15) is 18.4 Å². The molecule has 1 saturated heterocycles. The van der Waals surface area contributed by atoms with Crippen molar-refractivity contribution in [3.63, 3.8) is 0 Å². The van der Waals surface area contributed by atoms with Gasteiger partial charge in [0.1, 0.15) is 5.01 Å².